The summed E-state index contributed by atoms with van der Waals surface area (Å²) in [6, 6.07) is 4.29. The first-order valence-corrected chi connectivity index (χ1v) is 8.64. The van der Waals surface area contributed by atoms with E-state index in [2.05, 4.69) is 17.4 Å². The van der Waals surface area contributed by atoms with Crippen molar-refractivity contribution in [3.8, 4) is 0 Å². The molecule has 128 valence electrons. The van der Waals surface area contributed by atoms with Gasteiger partial charge in [0.1, 0.15) is 5.58 Å². The number of nitrogens with one attached hydrogen (secondary N) is 1. The summed E-state index contributed by atoms with van der Waals surface area (Å²) in [5, 5.41) is 12.5. The third-order valence-corrected chi connectivity index (χ3v) is 4.61. The fraction of sp³-hybridized carbons (Fsp3) is 0.474. The molecule has 2 N–H and O–H groups in total. The lowest BCUT2D eigenvalue weighted by atomic mass is 10.0. The standard InChI is InChI=1S/C19H23NO4/c21-18(20-8-3-1-2-7-19(22)23)11-15-12-24-17-10-14-6-4-5-13(14)9-16(15)17/h9-10,12H,1-8,11H2,(H,20,21)(H,22,23). The van der Waals surface area contributed by atoms with Gasteiger partial charge in [0.15, 0.2) is 0 Å². The number of aliphatic carboxylic acids is 1. The monoisotopic (exact) mass is 329 g/mol. The van der Waals surface area contributed by atoms with Crippen molar-refractivity contribution in [3.63, 3.8) is 0 Å². The topological polar surface area (TPSA) is 79.5 Å². The summed E-state index contributed by atoms with van der Waals surface area (Å²) >= 11 is 0. The second-order valence-corrected chi connectivity index (χ2v) is 6.46. The van der Waals surface area contributed by atoms with E-state index in [9.17, 15) is 9.59 Å². The summed E-state index contributed by atoms with van der Waals surface area (Å²) < 4.78 is 5.62. The van der Waals surface area contributed by atoms with Gasteiger partial charge >= 0.3 is 5.97 Å². The summed E-state index contributed by atoms with van der Waals surface area (Å²) in [6.45, 7) is 0.587. The van der Waals surface area contributed by atoms with Crippen LogP contribution in [-0.4, -0.2) is 23.5 Å². The molecular formula is C19H23NO4. The first kappa shape index (κ1) is 16.6. The zero-order chi connectivity index (χ0) is 16.9. The zero-order valence-corrected chi connectivity index (χ0v) is 13.8. The van der Waals surface area contributed by atoms with Gasteiger partial charge < -0.3 is 14.8 Å². The van der Waals surface area contributed by atoms with Gasteiger partial charge in [-0.1, -0.05) is 6.42 Å². The van der Waals surface area contributed by atoms with Gasteiger partial charge in [0.25, 0.3) is 0 Å². The first-order chi connectivity index (χ1) is 11.6. The van der Waals surface area contributed by atoms with Crippen LogP contribution in [-0.2, 0) is 28.9 Å². The molecule has 0 bridgehead atoms. The maximum atomic E-state index is 12.1. The molecule has 0 unspecified atom stereocenters. The SMILES string of the molecule is O=C(O)CCCCCNC(=O)Cc1coc2cc3c(cc12)CCC3. The van der Waals surface area contributed by atoms with Gasteiger partial charge in [-0.3, -0.25) is 9.59 Å². The number of benzene rings is 1. The van der Waals surface area contributed by atoms with Crippen LogP contribution in [0.4, 0.5) is 0 Å². The number of carboxylic acids is 1. The second-order valence-electron chi connectivity index (χ2n) is 6.46. The van der Waals surface area contributed by atoms with E-state index < -0.39 is 5.97 Å². The predicted octanol–water partition coefficient (Wildman–Crippen LogP) is 3.23. The van der Waals surface area contributed by atoms with Crippen molar-refractivity contribution in [2.45, 2.75) is 51.4 Å². The first-order valence-electron chi connectivity index (χ1n) is 8.64. The molecule has 0 saturated heterocycles. The van der Waals surface area contributed by atoms with E-state index in [0.29, 0.717) is 19.4 Å². The molecule has 5 heteroatoms. The number of furan rings is 1. The average molecular weight is 329 g/mol. The average Bonchev–Trinajstić information content (AvgIpc) is 3.15. The molecule has 1 aliphatic carbocycles. The molecule has 0 fully saturated rings. The summed E-state index contributed by atoms with van der Waals surface area (Å²) in [5.41, 5.74) is 4.55. The normalized spacial score (nSPS) is 13.2. The van der Waals surface area contributed by atoms with E-state index >= 15 is 0 Å². The molecule has 0 atom stereocenters. The van der Waals surface area contributed by atoms with E-state index in [-0.39, 0.29) is 12.3 Å². The molecule has 1 aromatic carbocycles. The van der Waals surface area contributed by atoms with Gasteiger partial charge in [0.05, 0.1) is 12.7 Å². The fourth-order valence-corrected chi connectivity index (χ4v) is 3.33. The maximum absolute atomic E-state index is 12.1. The Bertz CT molecular complexity index is 747. The van der Waals surface area contributed by atoms with Crippen molar-refractivity contribution in [3.05, 3.63) is 35.1 Å². The van der Waals surface area contributed by atoms with Crippen LogP contribution in [0.15, 0.2) is 22.8 Å². The smallest absolute Gasteiger partial charge is 0.303 e. The largest absolute Gasteiger partial charge is 0.481 e. The molecule has 0 radical (unpaired) electrons. The van der Waals surface area contributed by atoms with Crippen LogP contribution in [0.25, 0.3) is 11.0 Å². The molecule has 1 heterocycles. The molecule has 1 aromatic heterocycles. The van der Waals surface area contributed by atoms with Gasteiger partial charge in [-0.05, 0) is 55.4 Å². The Morgan fingerprint density at radius 2 is 1.92 bits per heavy atom. The van der Waals surface area contributed by atoms with E-state index in [0.717, 1.165) is 42.2 Å². The molecule has 0 spiro atoms. The van der Waals surface area contributed by atoms with Crippen LogP contribution in [0.5, 0.6) is 0 Å². The highest BCUT2D eigenvalue weighted by molar-refractivity contribution is 5.88. The van der Waals surface area contributed by atoms with Crippen LogP contribution >= 0.6 is 0 Å². The number of carbonyl (C=O) groups is 2. The third kappa shape index (κ3) is 3.96. The summed E-state index contributed by atoms with van der Waals surface area (Å²) in [4.78, 5) is 22.5. The number of unbranched alkanes of at least 4 members (excludes halogenated alkanes) is 2. The molecular weight excluding hydrogens is 306 g/mol. The Kier molecular flexibility index (Phi) is 5.18. The number of amides is 1. The fourth-order valence-electron chi connectivity index (χ4n) is 3.33. The van der Waals surface area contributed by atoms with Crippen LogP contribution in [0, 0.1) is 0 Å². The summed E-state index contributed by atoms with van der Waals surface area (Å²) in [7, 11) is 0. The lowest BCUT2D eigenvalue weighted by Crippen LogP contribution is -2.26. The number of aryl methyl sites for hydroxylation is 2. The lowest BCUT2D eigenvalue weighted by Gasteiger charge is -2.05. The van der Waals surface area contributed by atoms with Crippen LogP contribution in [0.3, 0.4) is 0 Å². The molecule has 2 aromatic rings. The van der Waals surface area contributed by atoms with Crippen molar-refractivity contribution < 1.29 is 19.1 Å². The number of carbonyl (C=O) groups excluding carboxylic acids is 1. The Hall–Kier alpha value is -2.30. The number of hydrogen-bond acceptors (Lipinski definition) is 3. The van der Waals surface area contributed by atoms with E-state index in [1.807, 2.05) is 0 Å². The number of carboxylic acid groups (broad SMARTS) is 1. The van der Waals surface area contributed by atoms with Gasteiger partial charge in [0, 0.05) is 23.9 Å². The van der Waals surface area contributed by atoms with Crippen molar-refractivity contribution in [2.24, 2.45) is 0 Å². The predicted molar refractivity (Wildman–Crippen MR) is 91.1 cm³/mol. The molecule has 5 nitrogen and oxygen atoms in total. The Balaban J connectivity index is 1.50. The van der Waals surface area contributed by atoms with Gasteiger partial charge in [0.2, 0.25) is 5.91 Å². The molecule has 1 aliphatic rings. The minimum absolute atomic E-state index is 0.0172. The van der Waals surface area contributed by atoms with Gasteiger partial charge in [-0.2, -0.15) is 0 Å². The minimum atomic E-state index is -0.766. The van der Waals surface area contributed by atoms with Gasteiger partial charge in [-0.25, -0.2) is 0 Å². The molecule has 3 rings (SSSR count). The number of fused-ring (bicyclic) bond motifs is 2. The van der Waals surface area contributed by atoms with Gasteiger partial charge in [-0.15, -0.1) is 0 Å². The second kappa shape index (κ2) is 7.51. The summed E-state index contributed by atoms with van der Waals surface area (Å²) in [6.07, 6.45) is 7.89. The van der Waals surface area contributed by atoms with Crippen LogP contribution < -0.4 is 5.32 Å². The van der Waals surface area contributed by atoms with E-state index in [1.165, 1.54) is 17.5 Å². The molecule has 1 amide bonds. The third-order valence-electron chi connectivity index (χ3n) is 4.61. The number of hydrogen-bond donors (Lipinski definition) is 2. The van der Waals surface area contributed by atoms with E-state index in [4.69, 9.17) is 9.52 Å². The Labute approximate surface area is 141 Å². The number of rotatable bonds is 8. The van der Waals surface area contributed by atoms with Crippen molar-refractivity contribution in [1.29, 1.82) is 0 Å². The zero-order valence-electron chi connectivity index (χ0n) is 13.8. The lowest BCUT2D eigenvalue weighted by molar-refractivity contribution is -0.137. The van der Waals surface area contributed by atoms with Crippen LogP contribution in [0.2, 0.25) is 0 Å². The molecule has 0 aliphatic heterocycles. The Morgan fingerprint density at radius 3 is 2.71 bits per heavy atom. The van der Waals surface area contributed by atoms with Crippen LogP contribution in [0.1, 0.15) is 48.8 Å². The van der Waals surface area contributed by atoms with Crippen molar-refractivity contribution in [1.82, 2.24) is 5.32 Å². The minimum Gasteiger partial charge on any atom is -0.481 e. The van der Waals surface area contributed by atoms with Crippen molar-refractivity contribution in [2.75, 3.05) is 6.54 Å². The maximum Gasteiger partial charge on any atom is 0.303 e. The van der Waals surface area contributed by atoms with E-state index in [1.54, 1.807) is 6.26 Å². The Morgan fingerprint density at radius 1 is 1.12 bits per heavy atom. The highest BCUT2D eigenvalue weighted by atomic mass is 16.4. The molecule has 24 heavy (non-hydrogen) atoms. The summed E-state index contributed by atoms with van der Waals surface area (Å²) in [5.74, 6) is -0.784. The highest BCUT2D eigenvalue weighted by Gasteiger charge is 2.16. The van der Waals surface area contributed by atoms with Crippen molar-refractivity contribution >= 4 is 22.8 Å². The molecule has 0 saturated carbocycles. The quantitative estimate of drug-likeness (QED) is 0.729. The highest BCUT2D eigenvalue weighted by Crippen LogP contribution is 2.30.